The van der Waals surface area contributed by atoms with E-state index < -0.39 is 12.0 Å². The van der Waals surface area contributed by atoms with E-state index in [0.717, 1.165) is 5.56 Å². The molecule has 0 saturated heterocycles. The van der Waals surface area contributed by atoms with E-state index >= 15 is 0 Å². The van der Waals surface area contributed by atoms with Gasteiger partial charge < -0.3 is 15.2 Å². The maximum absolute atomic E-state index is 13.2. The molecular weight excluding hydrogens is 297 g/mol. The number of carbonyl (C=O) groups is 1. The van der Waals surface area contributed by atoms with Gasteiger partial charge in [0, 0.05) is 0 Å². The Hall–Kier alpha value is -2.56. The summed E-state index contributed by atoms with van der Waals surface area (Å²) >= 11 is 0. The van der Waals surface area contributed by atoms with Gasteiger partial charge >= 0.3 is 5.97 Å². The molecule has 0 aliphatic rings. The van der Waals surface area contributed by atoms with Crippen molar-refractivity contribution in [3.8, 4) is 5.75 Å². The normalized spacial score (nSPS) is 13.2. The Morgan fingerprint density at radius 1 is 1.22 bits per heavy atom. The predicted molar refractivity (Wildman–Crippen MR) is 86.7 cm³/mol. The average molecular weight is 317 g/mol. The number of anilines is 1. The zero-order valence-electron chi connectivity index (χ0n) is 13.1. The van der Waals surface area contributed by atoms with E-state index in [-0.39, 0.29) is 24.1 Å². The van der Waals surface area contributed by atoms with Crippen LogP contribution in [-0.2, 0) is 9.53 Å². The molecule has 0 aliphatic heterocycles. The fraction of sp³-hybridized carbons (Fsp3) is 0.278. The lowest BCUT2D eigenvalue weighted by molar-refractivity contribution is -0.147. The van der Waals surface area contributed by atoms with Crippen molar-refractivity contribution in [3.63, 3.8) is 0 Å². The van der Waals surface area contributed by atoms with E-state index in [1.807, 2.05) is 0 Å². The van der Waals surface area contributed by atoms with Crippen molar-refractivity contribution >= 4 is 11.7 Å². The highest BCUT2D eigenvalue weighted by Crippen LogP contribution is 2.31. The van der Waals surface area contributed by atoms with Crippen molar-refractivity contribution in [1.29, 1.82) is 0 Å². The summed E-state index contributed by atoms with van der Waals surface area (Å²) in [7, 11) is 0. The molecule has 0 saturated carbocycles. The van der Waals surface area contributed by atoms with E-state index in [4.69, 9.17) is 4.74 Å². The standard InChI is InChI=1S/C18H20FNO3/c1-3-23-18(22)12(2)17(13-8-10-14(19)11-9-13)20-15-6-4-5-7-16(15)21/h4-12,17,20-21H,3H2,1-2H3/t12-,17-/m1/s1. The molecule has 23 heavy (non-hydrogen) atoms. The highest BCUT2D eigenvalue weighted by Gasteiger charge is 2.27. The Balaban J connectivity index is 2.32. The van der Waals surface area contributed by atoms with Crippen molar-refractivity contribution in [2.45, 2.75) is 19.9 Å². The van der Waals surface area contributed by atoms with Crippen LogP contribution in [0.5, 0.6) is 5.75 Å². The molecule has 2 N–H and O–H groups in total. The third-order valence-corrected chi connectivity index (χ3v) is 3.60. The van der Waals surface area contributed by atoms with Crippen LogP contribution in [0, 0.1) is 11.7 Å². The van der Waals surface area contributed by atoms with E-state index in [9.17, 15) is 14.3 Å². The lowest BCUT2D eigenvalue weighted by Gasteiger charge is -2.25. The van der Waals surface area contributed by atoms with Gasteiger partial charge in [-0.1, -0.05) is 24.3 Å². The summed E-state index contributed by atoms with van der Waals surface area (Å²) in [6, 6.07) is 12.2. The number of aromatic hydroxyl groups is 1. The summed E-state index contributed by atoms with van der Waals surface area (Å²) in [5.74, 6) is -1.14. The Bertz CT molecular complexity index is 658. The molecule has 0 bridgehead atoms. The molecule has 2 rings (SSSR count). The van der Waals surface area contributed by atoms with Crippen molar-refractivity contribution in [2.24, 2.45) is 5.92 Å². The number of nitrogens with one attached hydrogen (secondary N) is 1. The van der Waals surface area contributed by atoms with Gasteiger partial charge in [-0.3, -0.25) is 4.79 Å². The third kappa shape index (κ3) is 4.22. The molecule has 2 atom stereocenters. The number of esters is 1. The predicted octanol–water partition coefficient (Wildman–Crippen LogP) is 3.88. The molecule has 0 amide bonds. The lowest BCUT2D eigenvalue weighted by atomic mass is 9.94. The average Bonchev–Trinajstić information content (AvgIpc) is 2.55. The second-order valence-electron chi connectivity index (χ2n) is 5.23. The zero-order valence-corrected chi connectivity index (χ0v) is 13.1. The van der Waals surface area contributed by atoms with E-state index in [1.165, 1.54) is 12.1 Å². The van der Waals surface area contributed by atoms with Crippen LogP contribution in [0.15, 0.2) is 48.5 Å². The largest absolute Gasteiger partial charge is 0.506 e. The van der Waals surface area contributed by atoms with Gasteiger partial charge in [-0.2, -0.15) is 0 Å². The summed E-state index contributed by atoms with van der Waals surface area (Å²) in [5, 5.41) is 13.1. The van der Waals surface area contributed by atoms with Gasteiger partial charge in [0.15, 0.2) is 0 Å². The van der Waals surface area contributed by atoms with E-state index in [0.29, 0.717) is 5.69 Å². The molecule has 0 aromatic heterocycles. The van der Waals surface area contributed by atoms with Gasteiger partial charge in [0.05, 0.1) is 24.3 Å². The summed E-state index contributed by atoms with van der Waals surface area (Å²) < 4.78 is 18.3. The first-order chi connectivity index (χ1) is 11.0. The smallest absolute Gasteiger partial charge is 0.311 e. The minimum Gasteiger partial charge on any atom is -0.506 e. The summed E-state index contributed by atoms with van der Waals surface area (Å²) in [5.41, 5.74) is 1.23. The molecule has 2 aromatic rings. The van der Waals surface area contributed by atoms with Gasteiger partial charge in [0.25, 0.3) is 0 Å². The lowest BCUT2D eigenvalue weighted by Crippen LogP contribution is -2.27. The molecule has 4 nitrogen and oxygen atoms in total. The molecule has 0 heterocycles. The van der Waals surface area contributed by atoms with Crippen LogP contribution in [0.1, 0.15) is 25.5 Å². The summed E-state index contributed by atoms with van der Waals surface area (Å²) in [6.45, 7) is 3.77. The number of carbonyl (C=O) groups excluding carboxylic acids is 1. The second-order valence-corrected chi connectivity index (χ2v) is 5.23. The fourth-order valence-corrected chi connectivity index (χ4v) is 2.34. The number of hydrogen-bond donors (Lipinski definition) is 2. The second kappa shape index (κ2) is 7.63. The highest BCUT2D eigenvalue weighted by molar-refractivity contribution is 5.74. The van der Waals surface area contributed by atoms with Crippen LogP contribution < -0.4 is 5.32 Å². The van der Waals surface area contributed by atoms with E-state index in [1.54, 1.807) is 50.2 Å². The van der Waals surface area contributed by atoms with Gasteiger partial charge in [0.1, 0.15) is 11.6 Å². The number of hydrogen-bond acceptors (Lipinski definition) is 4. The molecule has 122 valence electrons. The number of ether oxygens (including phenoxy) is 1. The maximum atomic E-state index is 13.2. The highest BCUT2D eigenvalue weighted by atomic mass is 19.1. The van der Waals surface area contributed by atoms with Crippen molar-refractivity contribution < 1.29 is 19.0 Å². The first kappa shape index (κ1) is 16.8. The first-order valence-corrected chi connectivity index (χ1v) is 7.49. The van der Waals surface area contributed by atoms with Crippen LogP contribution in [-0.4, -0.2) is 17.7 Å². The van der Waals surface area contributed by atoms with Gasteiger partial charge in [-0.25, -0.2) is 4.39 Å². The van der Waals surface area contributed by atoms with Crippen molar-refractivity contribution in [3.05, 3.63) is 59.9 Å². The summed E-state index contributed by atoms with van der Waals surface area (Å²) in [6.07, 6.45) is 0. The third-order valence-electron chi connectivity index (χ3n) is 3.60. The number of benzene rings is 2. The van der Waals surface area contributed by atoms with Crippen molar-refractivity contribution in [1.82, 2.24) is 0 Å². The van der Waals surface area contributed by atoms with Crippen LogP contribution in [0.4, 0.5) is 10.1 Å². The molecular formula is C18H20FNO3. The van der Waals surface area contributed by atoms with Crippen molar-refractivity contribution in [2.75, 3.05) is 11.9 Å². The van der Waals surface area contributed by atoms with Gasteiger partial charge in [-0.15, -0.1) is 0 Å². The Morgan fingerprint density at radius 3 is 2.48 bits per heavy atom. The number of phenolic OH excluding ortho intramolecular Hbond substituents is 1. The molecule has 0 fully saturated rings. The minimum atomic E-state index is -0.514. The molecule has 0 spiro atoms. The molecule has 0 radical (unpaired) electrons. The van der Waals surface area contributed by atoms with Crippen LogP contribution in [0.2, 0.25) is 0 Å². The SMILES string of the molecule is CCOC(=O)[C@H](C)[C@@H](Nc1ccccc1O)c1ccc(F)cc1. The molecule has 0 unspecified atom stereocenters. The fourth-order valence-electron chi connectivity index (χ4n) is 2.34. The van der Waals surface area contributed by atoms with Gasteiger partial charge in [-0.05, 0) is 43.7 Å². The van der Waals surface area contributed by atoms with Crippen LogP contribution >= 0.6 is 0 Å². The minimum absolute atomic E-state index is 0.0793. The topological polar surface area (TPSA) is 58.6 Å². The monoisotopic (exact) mass is 317 g/mol. The van der Waals surface area contributed by atoms with Crippen LogP contribution in [0.3, 0.4) is 0 Å². The first-order valence-electron chi connectivity index (χ1n) is 7.49. The molecule has 0 aliphatic carbocycles. The molecule has 2 aromatic carbocycles. The Morgan fingerprint density at radius 2 is 1.87 bits per heavy atom. The number of halogens is 1. The maximum Gasteiger partial charge on any atom is 0.311 e. The number of rotatable bonds is 6. The zero-order chi connectivity index (χ0) is 16.8. The summed E-state index contributed by atoms with van der Waals surface area (Å²) in [4.78, 5) is 12.1. The van der Waals surface area contributed by atoms with Gasteiger partial charge in [0.2, 0.25) is 0 Å². The molecule has 5 heteroatoms. The Labute approximate surface area is 134 Å². The van der Waals surface area contributed by atoms with E-state index in [2.05, 4.69) is 5.32 Å². The van der Waals surface area contributed by atoms with Crippen LogP contribution in [0.25, 0.3) is 0 Å². The Kier molecular flexibility index (Phi) is 5.57. The number of para-hydroxylation sites is 2. The quantitative estimate of drug-likeness (QED) is 0.627. The number of phenols is 1.